The van der Waals surface area contributed by atoms with Crippen molar-refractivity contribution in [2.75, 3.05) is 31.1 Å². The van der Waals surface area contributed by atoms with E-state index in [4.69, 9.17) is 15.1 Å². The second-order valence-corrected chi connectivity index (χ2v) is 9.89. The van der Waals surface area contributed by atoms with Gasteiger partial charge in [-0.05, 0) is 50.5 Å². The molecule has 3 heterocycles. The third-order valence-corrected chi connectivity index (χ3v) is 7.40. The van der Waals surface area contributed by atoms with Gasteiger partial charge in [0.2, 0.25) is 5.91 Å². The maximum Gasteiger partial charge on any atom is 0.225 e. The molecule has 1 saturated heterocycles. The fourth-order valence-electron chi connectivity index (χ4n) is 5.39. The van der Waals surface area contributed by atoms with E-state index in [1.807, 2.05) is 6.92 Å². The number of unbranched alkanes of at least 4 members (excludes halogenated alkanes) is 1. The minimum Gasteiger partial charge on any atom is -0.352 e. The van der Waals surface area contributed by atoms with Gasteiger partial charge in [0.25, 0.3) is 0 Å². The lowest BCUT2D eigenvalue weighted by Gasteiger charge is -2.38. The number of aromatic nitrogens is 4. The molecule has 35 heavy (non-hydrogen) atoms. The zero-order chi connectivity index (χ0) is 24.4. The summed E-state index contributed by atoms with van der Waals surface area (Å²) in [6, 6.07) is 6.34. The van der Waals surface area contributed by atoms with E-state index in [1.165, 1.54) is 31.4 Å². The van der Waals surface area contributed by atoms with Gasteiger partial charge in [-0.2, -0.15) is 5.10 Å². The maximum absolute atomic E-state index is 13.5. The highest BCUT2D eigenvalue weighted by Gasteiger charge is 2.30. The average molecular weight is 479 g/mol. The number of carbonyl (C=O) groups is 1. The lowest BCUT2D eigenvalue weighted by Crippen LogP contribution is -2.51. The first kappa shape index (κ1) is 23.7. The molecule has 1 aliphatic heterocycles. The number of benzene rings is 1. The van der Waals surface area contributed by atoms with E-state index in [-0.39, 0.29) is 11.7 Å². The SMILES string of the molecule is CCCCc1nc(N2CCN(C(=O)C3CCCCC3)CC2)c2c(C)nn(-c3ccc(F)cc3)c2n1. The van der Waals surface area contributed by atoms with Gasteiger partial charge in [0.05, 0.1) is 16.8 Å². The fraction of sp³-hybridized carbons (Fsp3) is 0.556. The van der Waals surface area contributed by atoms with Gasteiger partial charge < -0.3 is 9.80 Å². The van der Waals surface area contributed by atoms with E-state index in [0.717, 1.165) is 92.3 Å². The Labute approximate surface area is 206 Å². The summed E-state index contributed by atoms with van der Waals surface area (Å²) in [6.07, 6.45) is 8.55. The smallest absolute Gasteiger partial charge is 0.225 e. The summed E-state index contributed by atoms with van der Waals surface area (Å²) in [5, 5.41) is 5.70. The first-order valence-corrected chi connectivity index (χ1v) is 13.1. The first-order chi connectivity index (χ1) is 17.0. The van der Waals surface area contributed by atoms with Gasteiger partial charge >= 0.3 is 0 Å². The Bertz CT molecular complexity index is 1180. The Morgan fingerprint density at radius 1 is 1.03 bits per heavy atom. The number of fused-ring (bicyclic) bond motifs is 1. The van der Waals surface area contributed by atoms with Crippen molar-refractivity contribution in [3.63, 3.8) is 0 Å². The van der Waals surface area contributed by atoms with Crippen molar-refractivity contribution < 1.29 is 9.18 Å². The van der Waals surface area contributed by atoms with Gasteiger partial charge in [-0.25, -0.2) is 19.0 Å². The third kappa shape index (κ3) is 4.88. The van der Waals surface area contributed by atoms with Crippen LogP contribution in [0.1, 0.15) is 63.4 Å². The van der Waals surface area contributed by atoms with E-state index in [9.17, 15) is 9.18 Å². The van der Waals surface area contributed by atoms with Gasteiger partial charge in [0, 0.05) is 38.5 Å². The molecular weight excluding hydrogens is 443 g/mol. The van der Waals surface area contributed by atoms with Gasteiger partial charge in [-0.15, -0.1) is 0 Å². The lowest BCUT2D eigenvalue weighted by atomic mass is 9.88. The third-order valence-electron chi connectivity index (χ3n) is 7.40. The Balaban J connectivity index is 1.45. The van der Waals surface area contributed by atoms with E-state index in [0.29, 0.717) is 5.91 Å². The summed E-state index contributed by atoms with van der Waals surface area (Å²) in [5.41, 5.74) is 2.38. The number of halogens is 1. The van der Waals surface area contributed by atoms with Crippen LogP contribution in [0.4, 0.5) is 10.2 Å². The Hall–Kier alpha value is -3.03. The normalized spacial score (nSPS) is 17.3. The predicted molar refractivity (Wildman–Crippen MR) is 135 cm³/mol. The molecule has 5 rings (SSSR count). The van der Waals surface area contributed by atoms with Crippen LogP contribution in [0.5, 0.6) is 0 Å². The molecule has 2 fully saturated rings. The zero-order valence-corrected chi connectivity index (χ0v) is 20.8. The van der Waals surface area contributed by atoms with Crippen molar-refractivity contribution in [3.05, 3.63) is 41.6 Å². The standard InChI is InChI=1S/C27H35FN6O/c1-3-4-10-23-29-25(32-15-17-33(18-16-32)27(35)20-8-6-5-7-9-20)24-19(2)31-34(26(24)30-23)22-13-11-21(28)12-14-22/h11-14,20H,3-10,15-18H2,1-2H3. The summed E-state index contributed by atoms with van der Waals surface area (Å²) in [4.78, 5) is 27.3. The number of rotatable bonds is 6. The predicted octanol–water partition coefficient (Wildman–Crippen LogP) is 4.83. The molecule has 0 N–H and O–H groups in total. The molecule has 8 heteroatoms. The van der Waals surface area contributed by atoms with Crippen molar-refractivity contribution in [1.29, 1.82) is 0 Å². The molecule has 0 spiro atoms. The average Bonchev–Trinajstić information content (AvgIpc) is 3.24. The van der Waals surface area contributed by atoms with Crippen LogP contribution in [0.25, 0.3) is 16.7 Å². The van der Waals surface area contributed by atoms with E-state index < -0.39 is 0 Å². The molecule has 0 unspecified atom stereocenters. The first-order valence-electron chi connectivity index (χ1n) is 13.1. The number of piperazine rings is 1. The van der Waals surface area contributed by atoms with Crippen LogP contribution < -0.4 is 4.90 Å². The number of hydrogen-bond donors (Lipinski definition) is 0. The quantitative estimate of drug-likeness (QED) is 0.507. The van der Waals surface area contributed by atoms with Crippen LogP contribution >= 0.6 is 0 Å². The van der Waals surface area contributed by atoms with Crippen molar-refractivity contribution in [2.24, 2.45) is 5.92 Å². The molecular formula is C27H35FN6O. The summed E-state index contributed by atoms with van der Waals surface area (Å²) in [5.74, 6) is 1.97. The van der Waals surface area contributed by atoms with Gasteiger partial charge in [-0.3, -0.25) is 4.79 Å². The number of aryl methyl sites for hydroxylation is 2. The lowest BCUT2D eigenvalue weighted by molar-refractivity contribution is -0.136. The monoisotopic (exact) mass is 478 g/mol. The van der Waals surface area contributed by atoms with Gasteiger partial charge in [0.1, 0.15) is 17.5 Å². The molecule has 0 radical (unpaired) electrons. The number of amides is 1. The van der Waals surface area contributed by atoms with Crippen molar-refractivity contribution in [2.45, 2.75) is 65.2 Å². The summed E-state index contributed by atoms with van der Waals surface area (Å²) in [7, 11) is 0. The topological polar surface area (TPSA) is 67.2 Å². The molecule has 1 aliphatic carbocycles. The highest BCUT2D eigenvalue weighted by Crippen LogP contribution is 2.31. The largest absolute Gasteiger partial charge is 0.352 e. The van der Waals surface area contributed by atoms with Crippen molar-refractivity contribution >= 4 is 22.8 Å². The molecule has 0 bridgehead atoms. The van der Waals surface area contributed by atoms with Gasteiger partial charge in [-0.1, -0.05) is 32.6 Å². The molecule has 0 atom stereocenters. The highest BCUT2D eigenvalue weighted by atomic mass is 19.1. The molecule has 186 valence electrons. The number of nitrogens with zero attached hydrogens (tertiary/aromatic N) is 6. The molecule has 1 saturated carbocycles. The number of hydrogen-bond acceptors (Lipinski definition) is 5. The second kappa shape index (κ2) is 10.3. The summed E-state index contributed by atoms with van der Waals surface area (Å²) >= 11 is 0. The van der Waals surface area contributed by atoms with E-state index in [2.05, 4.69) is 16.7 Å². The van der Waals surface area contributed by atoms with Crippen LogP contribution in [0.2, 0.25) is 0 Å². The Morgan fingerprint density at radius 3 is 2.43 bits per heavy atom. The van der Waals surface area contributed by atoms with Crippen molar-refractivity contribution in [3.8, 4) is 5.69 Å². The molecule has 1 amide bonds. The van der Waals surface area contributed by atoms with Gasteiger partial charge in [0.15, 0.2) is 5.65 Å². The molecule has 2 aliphatic rings. The zero-order valence-electron chi connectivity index (χ0n) is 20.8. The highest BCUT2D eigenvalue weighted by molar-refractivity contribution is 5.91. The Kier molecular flexibility index (Phi) is 6.97. The molecule has 2 aromatic heterocycles. The van der Waals surface area contributed by atoms with Crippen LogP contribution in [-0.4, -0.2) is 56.7 Å². The number of anilines is 1. The summed E-state index contributed by atoms with van der Waals surface area (Å²) in [6.45, 7) is 7.07. The van der Waals surface area contributed by atoms with E-state index >= 15 is 0 Å². The number of carbonyl (C=O) groups excluding carboxylic acids is 1. The molecule has 1 aromatic carbocycles. The minimum atomic E-state index is -0.276. The van der Waals surface area contributed by atoms with Crippen LogP contribution in [-0.2, 0) is 11.2 Å². The minimum absolute atomic E-state index is 0.206. The second-order valence-electron chi connectivity index (χ2n) is 9.89. The van der Waals surface area contributed by atoms with Crippen LogP contribution in [0.15, 0.2) is 24.3 Å². The van der Waals surface area contributed by atoms with Crippen LogP contribution in [0, 0.1) is 18.7 Å². The van der Waals surface area contributed by atoms with Crippen molar-refractivity contribution in [1.82, 2.24) is 24.6 Å². The maximum atomic E-state index is 13.5. The van der Waals surface area contributed by atoms with E-state index in [1.54, 1.807) is 16.8 Å². The fourth-order valence-corrected chi connectivity index (χ4v) is 5.39. The summed E-state index contributed by atoms with van der Waals surface area (Å²) < 4.78 is 15.3. The molecule has 3 aromatic rings. The molecule has 7 nitrogen and oxygen atoms in total. The Morgan fingerprint density at radius 2 is 1.74 bits per heavy atom. The van der Waals surface area contributed by atoms with Crippen LogP contribution in [0.3, 0.4) is 0 Å².